The van der Waals surface area contributed by atoms with E-state index in [0.29, 0.717) is 6.42 Å². The van der Waals surface area contributed by atoms with Crippen molar-refractivity contribution in [2.75, 3.05) is 19.6 Å². The number of ether oxygens (including phenoxy) is 1. The van der Waals surface area contributed by atoms with Gasteiger partial charge in [0.15, 0.2) is 6.23 Å². The zero-order valence-corrected chi connectivity index (χ0v) is 17.8. The van der Waals surface area contributed by atoms with Crippen molar-refractivity contribution in [2.24, 2.45) is 0 Å². The average molecular weight is 419 g/mol. The Morgan fingerprint density at radius 3 is 2.93 bits per heavy atom. The molecule has 3 heterocycles. The maximum atomic E-state index is 12.7. The van der Waals surface area contributed by atoms with Crippen LogP contribution in [0, 0.1) is 0 Å². The predicted octanol–water partition coefficient (Wildman–Crippen LogP) is 0.463. The molecule has 0 saturated carbocycles. The molecule has 3 aliphatic heterocycles. The minimum atomic E-state index is -0.372. The van der Waals surface area contributed by atoms with Crippen molar-refractivity contribution in [3.05, 3.63) is 35.9 Å². The Morgan fingerprint density at radius 2 is 2.13 bits per heavy atom. The molecule has 9 nitrogen and oxygen atoms in total. The molecular formula is C21H34N6O3. The summed E-state index contributed by atoms with van der Waals surface area (Å²) >= 11 is 0. The number of hydrogen-bond acceptors (Lipinski definition) is 8. The van der Waals surface area contributed by atoms with Crippen molar-refractivity contribution in [1.29, 1.82) is 0 Å². The van der Waals surface area contributed by atoms with Crippen molar-refractivity contribution in [1.82, 2.24) is 31.7 Å². The number of nitrogens with one attached hydrogen (secondary N) is 4. The molecule has 5 atom stereocenters. The van der Waals surface area contributed by atoms with E-state index in [-0.39, 0.29) is 36.6 Å². The number of amides is 1. The molecule has 166 valence electrons. The molecule has 1 amide bonds. The third kappa shape index (κ3) is 5.36. The van der Waals surface area contributed by atoms with Crippen LogP contribution in [0.5, 0.6) is 0 Å². The minimum Gasteiger partial charge on any atom is -0.349 e. The van der Waals surface area contributed by atoms with Crippen LogP contribution in [0.2, 0.25) is 0 Å². The van der Waals surface area contributed by atoms with Gasteiger partial charge in [-0.2, -0.15) is 5.48 Å². The van der Waals surface area contributed by atoms with E-state index in [1.807, 2.05) is 25.1 Å². The molecule has 0 spiro atoms. The van der Waals surface area contributed by atoms with Gasteiger partial charge in [-0.05, 0) is 18.9 Å². The Morgan fingerprint density at radius 1 is 1.30 bits per heavy atom. The highest BCUT2D eigenvalue weighted by Gasteiger charge is 2.42. The first-order valence-electron chi connectivity index (χ1n) is 11.0. The summed E-state index contributed by atoms with van der Waals surface area (Å²) in [5.41, 5.74) is 10.9. The molecule has 0 aliphatic carbocycles. The molecule has 0 aromatic heterocycles. The molecule has 4 N–H and O–H groups in total. The highest BCUT2D eigenvalue weighted by atomic mass is 16.7. The third-order valence-corrected chi connectivity index (χ3v) is 5.88. The highest BCUT2D eigenvalue weighted by Crippen LogP contribution is 2.22. The maximum Gasteiger partial charge on any atom is 0.239 e. The summed E-state index contributed by atoms with van der Waals surface area (Å²) in [4.78, 5) is 18.4. The van der Waals surface area contributed by atoms with Gasteiger partial charge in [-0.15, -0.1) is 0 Å². The van der Waals surface area contributed by atoms with E-state index >= 15 is 0 Å². The molecule has 5 unspecified atom stereocenters. The first-order valence-corrected chi connectivity index (χ1v) is 11.0. The summed E-state index contributed by atoms with van der Waals surface area (Å²) in [6, 6.07) is 10.0. The first-order chi connectivity index (χ1) is 14.6. The van der Waals surface area contributed by atoms with Crippen LogP contribution in [0.3, 0.4) is 0 Å². The summed E-state index contributed by atoms with van der Waals surface area (Å²) in [5.74, 6) is -0.0280. The topological polar surface area (TPSA) is 90.1 Å². The van der Waals surface area contributed by atoms with Gasteiger partial charge in [-0.25, -0.2) is 15.4 Å². The lowest BCUT2D eigenvalue weighted by molar-refractivity contribution is -0.125. The van der Waals surface area contributed by atoms with Crippen LogP contribution in [0.25, 0.3) is 0 Å². The molecule has 1 aromatic rings. The van der Waals surface area contributed by atoms with Gasteiger partial charge in [0.2, 0.25) is 5.91 Å². The second-order valence-corrected chi connectivity index (χ2v) is 8.33. The van der Waals surface area contributed by atoms with Crippen LogP contribution in [-0.4, -0.2) is 66.2 Å². The molecule has 3 fully saturated rings. The Labute approximate surface area is 178 Å². The standard InChI is InChI=1S/C21H34N6O3/c1-3-4-10-27-15(2)29-21(24-27)19-11-18(25-30-19)20(28)23-17-12-22-26(14-17)13-16-8-6-5-7-9-16/h5-9,15,17-19,21-22,24-25H,3-4,10-14H2,1-2H3,(H,23,28). The normalized spacial score (nSPS) is 32.7. The van der Waals surface area contributed by atoms with Gasteiger partial charge >= 0.3 is 0 Å². The number of unbranched alkanes of at least 4 members (excludes halogenated alkanes) is 1. The lowest BCUT2D eigenvalue weighted by atomic mass is 10.1. The van der Waals surface area contributed by atoms with Crippen molar-refractivity contribution >= 4 is 5.91 Å². The smallest absolute Gasteiger partial charge is 0.239 e. The highest BCUT2D eigenvalue weighted by molar-refractivity contribution is 5.82. The van der Waals surface area contributed by atoms with Gasteiger partial charge in [0, 0.05) is 32.6 Å². The second-order valence-electron chi connectivity index (χ2n) is 8.33. The monoisotopic (exact) mass is 418 g/mol. The van der Waals surface area contributed by atoms with E-state index in [0.717, 1.165) is 39.0 Å². The molecule has 4 rings (SSSR count). The van der Waals surface area contributed by atoms with E-state index in [9.17, 15) is 4.79 Å². The molecule has 9 heteroatoms. The SMILES string of the molecule is CCCCN1NC(C2CC(C(=O)NC3CNN(Cc4ccccc4)C3)NO2)OC1C. The summed E-state index contributed by atoms with van der Waals surface area (Å²) in [6.07, 6.45) is 2.38. The maximum absolute atomic E-state index is 12.7. The summed E-state index contributed by atoms with van der Waals surface area (Å²) < 4.78 is 5.99. The van der Waals surface area contributed by atoms with E-state index in [1.165, 1.54) is 5.56 Å². The quantitative estimate of drug-likeness (QED) is 0.484. The minimum absolute atomic E-state index is 0.00168. The van der Waals surface area contributed by atoms with E-state index in [1.54, 1.807) is 0 Å². The van der Waals surface area contributed by atoms with Crippen molar-refractivity contribution in [2.45, 2.75) is 70.3 Å². The van der Waals surface area contributed by atoms with E-state index in [2.05, 4.69) is 50.7 Å². The molecule has 0 radical (unpaired) electrons. The average Bonchev–Trinajstić information content (AvgIpc) is 3.47. The molecule has 1 aromatic carbocycles. The number of nitrogens with zero attached hydrogens (tertiary/aromatic N) is 2. The largest absolute Gasteiger partial charge is 0.349 e. The number of hydrogen-bond donors (Lipinski definition) is 4. The molecule has 30 heavy (non-hydrogen) atoms. The Hall–Kier alpha value is -1.59. The van der Waals surface area contributed by atoms with Crippen LogP contribution in [-0.2, 0) is 20.9 Å². The Balaban J connectivity index is 1.20. The van der Waals surface area contributed by atoms with Gasteiger partial charge in [0.05, 0.1) is 6.04 Å². The number of benzene rings is 1. The fourth-order valence-corrected chi connectivity index (χ4v) is 4.13. The Kier molecular flexibility index (Phi) is 7.32. The van der Waals surface area contributed by atoms with E-state index < -0.39 is 0 Å². The van der Waals surface area contributed by atoms with Crippen molar-refractivity contribution in [3.8, 4) is 0 Å². The number of carbonyl (C=O) groups excluding carboxylic acids is 1. The fourth-order valence-electron chi connectivity index (χ4n) is 4.13. The van der Waals surface area contributed by atoms with E-state index in [4.69, 9.17) is 9.57 Å². The Bertz CT molecular complexity index is 693. The summed E-state index contributed by atoms with van der Waals surface area (Å²) in [6.45, 7) is 7.46. The zero-order valence-electron chi connectivity index (χ0n) is 17.8. The van der Waals surface area contributed by atoms with Crippen LogP contribution >= 0.6 is 0 Å². The number of hydrazine groups is 2. The summed E-state index contributed by atoms with van der Waals surface area (Å²) in [7, 11) is 0. The third-order valence-electron chi connectivity index (χ3n) is 5.88. The number of rotatable bonds is 8. The van der Waals surface area contributed by atoms with Gasteiger partial charge in [0.25, 0.3) is 0 Å². The number of carbonyl (C=O) groups is 1. The van der Waals surface area contributed by atoms with Gasteiger partial charge in [0.1, 0.15) is 18.4 Å². The van der Waals surface area contributed by atoms with Crippen LogP contribution in [0.1, 0.15) is 38.7 Å². The summed E-state index contributed by atoms with van der Waals surface area (Å²) in [5, 5.41) is 7.39. The van der Waals surface area contributed by atoms with Gasteiger partial charge in [-0.1, -0.05) is 43.7 Å². The van der Waals surface area contributed by atoms with Gasteiger partial charge in [-0.3, -0.25) is 15.1 Å². The molecule has 3 saturated heterocycles. The number of hydroxylamine groups is 1. The molecule has 3 aliphatic rings. The van der Waals surface area contributed by atoms with Crippen molar-refractivity contribution < 1.29 is 14.4 Å². The predicted molar refractivity (Wildman–Crippen MR) is 112 cm³/mol. The van der Waals surface area contributed by atoms with Crippen molar-refractivity contribution in [3.63, 3.8) is 0 Å². The van der Waals surface area contributed by atoms with Crippen LogP contribution in [0.15, 0.2) is 30.3 Å². The molecule has 0 bridgehead atoms. The van der Waals surface area contributed by atoms with Crippen LogP contribution in [0.4, 0.5) is 0 Å². The molecular weight excluding hydrogens is 384 g/mol. The fraction of sp³-hybridized carbons (Fsp3) is 0.667. The lowest BCUT2D eigenvalue weighted by Gasteiger charge is -2.19. The second kappa shape index (κ2) is 10.1. The van der Waals surface area contributed by atoms with Crippen LogP contribution < -0.4 is 21.6 Å². The zero-order chi connectivity index (χ0) is 20.9. The lowest BCUT2D eigenvalue weighted by Crippen LogP contribution is -2.47. The first kappa shape index (κ1) is 21.6. The van der Waals surface area contributed by atoms with Gasteiger partial charge < -0.3 is 10.1 Å².